The van der Waals surface area contributed by atoms with E-state index in [9.17, 15) is 4.79 Å². The van der Waals surface area contributed by atoms with E-state index in [0.717, 1.165) is 36.1 Å². The van der Waals surface area contributed by atoms with Crippen LogP contribution in [0, 0.1) is 13.8 Å². The third kappa shape index (κ3) is 2.14. The Morgan fingerprint density at radius 3 is 2.90 bits per heavy atom. The third-order valence-electron chi connectivity index (χ3n) is 4.32. The summed E-state index contributed by atoms with van der Waals surface area (Å²) in [6.07, 6.45) is 3.71. The molecular formula is C16H20N2O2. The van der Waals surface area contributed by atoms with Crippen LogP contribution in [0.1, 0.15) is 30.9 Å². The van der Waals surface area contributed by atoms with Crippen molar-refractivity contribution < 1.29 is 4.74 Å². The van der Waals surface area contributed by atoms with Crippen molar-refractivity contribution in [2.45, 2.75) is 45.8 Å². The summed E-state index contributed by atoms with van der Waals surface area (Å²) in [5.41, 5.74) is 2.83. The quantitative estimate of drug-likeness (QED) is 0.844. The van der Waals surface area contributed by atoms with E-state index in [4.69, 9.17) is 4.74 Å². The molecule has 0 spiro atoms. The molecule has 4 nitrogen and oxygen atoms in total. The van der Waals surface area contributed by atoms with Crippen LogP contribution < -0.4 is 5.56 Å². The summed E-state index contributed by atoms with van der Waals surface area (Å²) in [4.78, 5) is 17.1. The van der Waals surface area contributed by atoms with Crippen molar-refractivity contribution in [1.82, 2.24) is 9.55 Å². The van der Waals surface area contributed by atoms with Crippen molar-refractivity contribution in [2.75, 3.05) is 6.61 Å². The van der Waals surface area contributed by atoms with Crippen molar-refractivity contribution in [1.29, 1.82) is 0 Å². The molecule has 1 atom stereocenters. The summed E-state index contributed by atoms with van der Waals surface area (Å²) in [6, 6.07) is 3.86. The minimum absolute atomic E-state index is 0.0230. The molecule has 4 heteroatoms. The Kier molecular flexibility index (Phi) is 3.13. The molecule has 3 rings (SSSR count). The first-order valence-electron chi connectivity index (χ1n) is 7.09. The Labute approximate surface area is 118 Å². The van der Waals surface area contributed by atoms with Gasteiger partial charge < -0.3 is 4.74 Å². The smallest absolute Gasteiger partial charge is 0.261 e. The summed E-state index contributed by atoms with van der Waals surface area (Å²) in [6.45, 7) is 7.47. The number of ether oxygens (including phenoxy) is 1. The highest BCUT2D eigenvalue weighted by Gasteiger charge is 2.30. The van der Waals surface area contributed by atoms with E-state index in [-0.39, 0.29) is 11.2 Å². The summed E-state index contributed by atoms with van der Waals surface area (Å²) in [5, 5.41) is 0.692. The second-order valence-electron chi connectivity index (χ2n) is 5.98. The van der Waals surface area contributed by atoms with Crippen LogP contribution >= 0.6 is 0 Å². The first kappa shape index (κ1) is 13.3. The molecule has 1 aromatic heterocycles. The molecule has 1 aliphatic rings. The lowest BCUT2D eigenvalue weighted by Gasteiger charge is -2.24. The average Bonchev–Trinajstić information content (AvgIpc) is 2.84. The highest BCUT2D eigenvalue weighted by atomic mass is 16.5. The maximum absolute atomic E-state index is 12.6. The van der Waals surface area contributed by atoms with Gasteiger partial charge in [0.05, 0.1) is 29.4 Å². The lowest BCUT2D eigenvalue weighted by Crippen LogP contribution is -2.35. The largest absolute Gasteiger partial charge is 0.373 e. The van der Waals surface area contributed by atoms with Gasteiger partial charge in [0.25, 0.3) is 5.56 Å². The van der Waals surface area contributed by atoms with Crippen LogP contribution in [0.25, 0.3) is 10.9 Å². The Balaban J connectivity index is 2.08. The van der Waals surface area contributed by atoms with Gasteiger partial charge in [0.1, 0.15) is 0 Å². The van der Waals surface area contributed by atoms with Crippen molar-refractivity contribution >= 4 is 10.9 Å². The van der Waals surface area contributed by atoms with Gasteiger partial charge in [-0.25, -0.2) is 4.98 Å². The van der Waals surface area contributed by atoms with Crippen molar-refractivity contribution in [2.24, 2.45) is 0 Å². The van der Waals surface area contributed by atoms with Gasteiger partial charge in [0.2, 0.25) is 0 Å². The fourth-order valence-corrected chi connectivity index (χ4v) is 2.91. The molecule has 20 heavy (non-hydrogen) atoms. The normalized spacial score (nSPS) is 22.6. The minimum Gasteiger partial charge on any atom is -0.373 e. The molecule has 0 aliphatic carbocycles. The topological polar surface area (TPSA) is 44.1 Å². The van der Waals surface area contributed by atoms with E-state index < -0.39 is 0 Å². The van der Waals surface area contributed by atoms with Gasteiger partial charge in [-0.05, 0) is 50.8 Å². The number of hydrogen-bond acceptors (Lipinski definition) is 3. The molecule has 0 amide bonds. The lowest BCUT2D eigenvalue weighted by molar-refractivity contribution is 0.00538. The van der Waals surface area contributed by atoms with Gasteiger partial charge in [-0.1, -0.05) is 6.07 Å². The third-order valence-corrected chi connectivity index (χ3v) is 4.32. The number of hydrogen-bond donors (Lipinski definition) is 0. The minimum atomic E-state index is -0.237. The van der Waals surface area contributed by atoms with E-state index in [2.05, 4.69) is 11.9 Å². The average molecular weight is 272 g/mol. The van der Waals surface area contributed by atoms with Crippen molar-refractivity contribution in [3.05, 3.63) is 39.9 Å². The molecule has 2 heterocycles. The van der Waals surface area contributed by atoms with E-state index in [1.54, 1.807) is 10.9 Å². The molecule has 1 fully saturated rings. The van der Waals surface area contributed by atoms with Crippen molar-refractivity contribution in [3.8, 4) is 0 Å². The number of rotatable bonds is 2. The van der Waals surface area contributed by atoms with Gasteiger partial charge in [0.15, 0.2) is 0 Å². The van der Waals surface area contributed by atoms with E-state index in [1.165, 1.54) is 0 Å². The van der Waals surface area contributed by atoms with Gasteiger partial charge in [-0.15, -0.1) is 0 Å². The summed E-state index contributed by atoms with van der Waals surface area (Å²) < 4.78 is 7.45. The first-order valence-corrected chi connectivity index (χ1v) is 7.09. The molecule has 0 radical (unpaired) electrons. The molecule has 1 saturated heterocycles. The van der Waals surface area contributed by atoms with Crippen LogP contribution in [0.3, 0.4) is 0 Å². The summed E-state index contributed by atoms with van der Waals surface area (Å²) >= 11 is 0. The zero-order valence-corrected chi connectivity index (χ0v) is 12.3. The van der Waals surface area contributed by atoms with Crippen LogP contribution in [0.5, 0.6) is 0 Å². The number of nitrogens with zero attached hydrogens (tertiary/aromatic N) is 2. The molecular weight excluding hydrogens is 252 g/mol. The van der Waals surface area contributed by atoms with Crippen LogP contribution in [-0.2, 0) is 11.3 Å². The number of benzene rings is 1. The second kappa shape index (κ2) is 4.70. The zero-order valence-electron chi connectivity index (χ0n) is 12.3. The molecule has 2 aromatic rings. The van der Waals surface area contributed by atoms with Gasteiger partial charge >= 0.3 is 0 Å². The molecule has 1 aliphatic heterocycles. The Bertz CT molecular complexity index is 712. The highest BCUT2D eigenvalue weighted by Crippen LogP contribution is 2.26. The predicted molar refractivity (Wildman–Crippen MR) is 79.1 cm³/mol. The Morgan fingerprint density at radius 2 is 2.20 bits per heavy atom. The standard InChI is InChI=1S/C16H20N2O2/c1-11-5-6-13-14(12(11)2)17-10-18(15(13)19)9-16(3)7-4-8-20-16/h5-6,10H,4,7-9H2,1-3H3/t16-/m0/s1. The summed E-state index contributed by atoms with van der Waals surface area (Å²) in [7, 11) is 0. The molecule has 1 aromatic carbocycles. The number of fused-ring (bicyclic) bond motifs is 1. The Morgan fingerprint density at radius 1 is 1.40 bits per heavy atom. The molecule has 0 bridgehead atoms. The number of aryl methyl sites for hydroxylation is 2. The van der Waals surface area contributed by atoms with Crippen molar-refractivity contribution in [3.63, 3.8) is 0 Å². The molecule has 0 saturated carbocycles. The van der Waals surface area contributed by atoms with Gasteiger partial charge in [-0.3, -0.25) is 9.36 Å². The first-order chi connectivity index (χ1) is 9.50. The second-order valence-corrected chi connectivity index (χ2v) is 5.98. The SMILES string of the molecule is Cc1ccc2c(=O)n(C[C@]3(C)CCCO3)cnc2c1C. The van der Waals surface area contributed by atoms with E-state index in [0.29, 0.717) is 11.9 Å². The molecule has 0 unspecified atom stereocenters. The maximum Gasteiger partial charge on any atom is 0.261 e. The summed E-state index contributed by atoms with van der Waals surface area (Å²) in [5.74, 6) is 0. The van der Waals surface area contributed by atoms with Gasteiger partial charge in [-0.2, -0.15) is 0 Å². The molecule has 0 N–H and O–H groups in total. The monoisotopic (exact) mass is 272 g/mol. The van der Waals surface area contributed by atoms with Crippen LogP contribution in [0.15, 0.2) is 23.3 Å². The van der Waals surface area contributed by atoms with Crippen LogP contribution in [0.2, 0.25) is 0 Å². The lowest BCUT2D eigenvalue weighted by atomic mass is 10.0. The fourth-order valence-electron chi connectivity index (χ4n) is 2.91. The Hall–Kier alpha value is -1.68. The molecule has 106 valence electrons. The van der Waals surface area contributed by atoms with E-state index in [1.807, 2.05) is 26.0 Å². The van der Waals surface area contributed by atoms with Crippen LogP contribution in [0.4, 0.5) is 0 Å². The maximum atomic E-state index is 12.6. The number of aromatic nitrogens is 2. The van der Waals surface area contributed by atoms with Crippen LogP contribution in [-0.4, -0.2) is 21.8 Å². The highest BCUT2D eigenvalue weighted by molar-refractivity contribution is 5.81. The zero-order chi connectivity index (χ0) is 14.3. The fraction of sp³-hybridized carbons (Fsp3) is 0.500. The van der Waals surface area contributed by atoms with E-state index >= 15 is 0 Å². The van der Waals surface area contributed by atoms with Gasteiger partial charge in [0, 0.05) is 6.61 Å². The predicted octanol–water partition coefficient (Wildman–Crippen LogP) is 2.58.